The molecule has 0 radical (unpaired) electrons. The van der Waals surface area contributed by atoms with Gasteiger partial charge in [0.15, 0.2) is 5.76 Å². The van der Waals surface area contributed by atoms with Crippen LogP contribution < -0.4 is 5.43 Å². The van der Waals surface area contributed by atoms with Crippen LogP contribution >= 0.6 is 0 Å². The highest BCUT2D eigenvalue weighted by Crippen LogP contribution is 2.18. The van der Waals surface area contributed by atoms with Gasteiger partial charge in [0.1, 0.15) is 5.76 Å². The second-order valence-corrected chi connectivity index (χ2v) is 6.20. The van der Waals surface area contributed by atoms with Gasteiger partial charge in [0, 0.05) is 45.4 Å². The van der Waals surface area contributed by atoms with E-state index >= 15 is 0 Å². The van der Waals surface area contributed by atoms with Crippen LogP contribution in [-0.2, 0) is 11.3 Å². The van der Waals surface area contributed by atoms with Gasteiger partial charge in [-0.15, -0.1) is 0 Å². The predicted octanol–water partition coefficient (Wildman–Crippen LogP) is 0.950. The zero-order valence-corrected chi connectivity index (χ0v) is 13.1. The lowest BCUT2D eigenvalue weighted by Gasteiger charge is -2.35. The quantitative estimate of drug-likeness (QED) is 0.893. The first-order valence-electron chi connectivity index (χ1n) is 8.01. The Hall–Kier alpha value is -1.37. The molecule has 1 atom stereocenters. The SMILES string of the molecule is Cc1cc(=O)c(O)c(CN2CCN(CC3CCCO3)CC2)o1. The van der Waals surface area contributed by atoms with Crippen LogP contribution in [0, 0.1) is 6.92 Å². The van der Waals surface area contributed by atoms with Gasteiger partial charge in [0.2, 0.25) is 11.2 Å². The van der Waals surface area contributed by atoms with Crippen molar-refractivity contribution in [1.82, 2.24) is 9.80 Å². The van der Waals surface area contributed by atoms with Gasteiger partial charge in [0.05, 0.1) is 12.6 Å². The molecular formula is C16H24N2O4. The fourth-order valence-electron chi connectivity index (χ4n) is 3.18. The summed E-state index contributed by atoms with van der Waals surface area (Å²) >= 11 is 0. The summed E-state index contributed by atoms with van der Waals surface area (Å²) in [6.45, 7) is 7.90. The highest BCUT2D eigenvalue weighted by Gasteiger charge is 2.24. The Kier molecular flexibility index (Phi) is 4.81. The van der Waals surface area contributed by atoms with Crippen LogP contribution in [0.25, 0.3) is 0 Å². The molecule has 2 fully saturated rings. The van der Waals surface area contributed by atoms with E-state index in [2.05, 4.69) is 9.80 Å². The van der Waals surface area contributed by atoms with E-state index in [1.807, 2.05) is 0 Å². The molecule has 1 aromatic rings. The first-order valence-corrected chi connectivity index (χ1v) is 8.01. The Morgan fingerprint density at radius 2 is 2.00 bits per heavy atom. The molecule has 2 aliphatic rings. The van der Waals surface area contributed by atoms with Crippen molar-refractivity contribution in [2.24, 2.45) is 0 Å². The largest absolute Gasteiger partial charge is 0.502 e. The van der Waals surface area contributed by atoms with E-state index in [1.165, 1.54) is 18.9 Å². The summed E-state index contributed by atoms with van der Waals surface area (Å²) in [7, 11) is 0. The van der Waals surface area contributed by atoms with E-state index < -0.39 is 0 Å². The van der Waals surface area contributed by atoms with Crippen molar-refractivity contribution < 1.29 is 14.3 Å². The molecule has 0 spiro atoms. The van der Waals surface area contributed by atoms with Gasteiger partial charge in [-0.05, 0) is 19.8 Å². The topological polar surface area (TPSA) is 66.2 Å². The molecular weight excluding hydrogens is 284 g/mol. The molecule has 0 amide bonds. The Bertz CT molecular complexity index is 558. The van der Waals surface area contributed by atoms with E-state index in [-0.39, 0.29) is 11.2 Å². The second-order valence-electron chi connectivity index (χ2n) is 6.20. The van der Waals surface area contributed by atoms with Gasteiger partial charge in [-0.2, -0.15) is 0 Å². The molecule has 1 aromatic heterocycles. The van der Waals surface area contributed by atoms with Crippen LogP contribution in [-0.4, -0.2) is 60.3 Å². The van der Waals surface area contributed by atoms with Crippen LogP contribution in [0.5, 0.6) is 5.75 Å². The van der Waals surface area contributed by atoms with Gasteiger partial charge in [0.25, 0.3) is 0 Å². The van der Waals surface area contributed by atoms with E-state index in [0.717, 1.165) is 39.3 Å². The van der Waals surface area contributed by atoms with Gasteiger partial charge in [-0.1, -0.05) is 0 Å². The highest BCUT2D eigenvalue weighted by atomic mass is 16.5. The van der Waals surface area contributed by atoms with Gasteiger partial charge >= 0.3 is 0 Å². The van der Waals surface area contributed by atoms with Crippen LogP contribution in [0.3, 0.4) is 0 Å². The van der Waals surface area contributed by atoms with Crippen molar-refractivity contribution in [3.05, 3.63) is 27.8 Å². The summed E-state index contributed by atoms with van der Waals surface area (Å²) in [6.07, 6.45) is 2.74. The van der Waals surface area contributed by atoms with Crippen molar-refractivity contribution >= 4 is 0 Å². The van der Waals surface area contributed by atoms with Gasteiger partial charge < -0.3 is 14.3 Å². The Labute approximate surface area is 130 Å². The minimum Gasteiger partial charge on any atom is -0.502 e. The number of rotatable bonds is 4. The molecule has 0 saturated carbocycles. The second kappa shape index (κ2) is 6.81. The zero-order chi connectivity index (χ0) is 15.5. The van der Waals surface area contributed by atoms with E-state index in [4.69, 9.17) is 9.15 Å². The molecule has 6 heteroatoms. The van der Waals surface area contributed by atoms with Crippen LogP contribution in [0.1, 0.15) is 24.4 Å². The van der Waals surface area contributed by atoms with Crippen molar-refractivity contribution in [3.8, 4) is 5.75 Å². The average molecular weight is 308 g/mol. The number of hydrogen-bond acceptors (Lipinski definition) is 6. The molecule has 22 heavy (non-hydrogen) atoms. The third-order valence-corrected chi connectivity index (χ3v) is 4.43. The summed E-state index contributed by atoms with van der Waals surface area (Å²) < 4.78 is 11.2. The minimum absolute atomic E-state index is 0.257. The van der Waals surface area contributed by atoms with Crippen molar-refractivity contribution in [1.29, 1.82) is 0 Å². The zero-order valence-electron chi connectivity index (χ0n) is 13.1. The third kappa shape index (κ3) is 3.69. The molecule has 1 unspecified atom stereocenters. The number of piperazine rings is 1. The summed E-state index contributed by atoms with van der Waals surface area (Å²) in [6, 6.07) is 1.32. The maximum Gasteiger partial charge on any atom is 0.227 e. The lowest BCUT2D eigenvalue weighted by atomic mass is 10.2. The molecule has 3 rings (SSSR count). The molecule has 0 aliphatic carbocycles. The lowest BCUT2D eigenvalue weighted by Crippen LogP contribution is -2.48. The normalized spacial score (nSPS) is 24.0. The van der Waals surface area contributed by atoms with Crippen LogP contribution in [0.2, 0.25) is 0 Å². The standard InChI is InChI=1S/C16H24N2O4/c1-12-9-14(19)16(20)15(22-12)11-18-6-4-17(5-7-18)10-13-3-2-8-21-13/h9,13,20H,2-8,10-11H2,1H3. The lowest BCUT2D eigenvalue weighted by molar-refractivity contribution is 0.0471. The predicted molar refractivity (Wildman–Crippen MR) is 82.1 cm³/mol. The number of nitrogens with zero attached hydrogens (tertiary/aromatic N) is 2. The third-order valence-electron chi connectivity index (χ3n) is 4.43. The fraction of sp³-hybridized carbons (Fsp3) is 0.688. The molecule has 0 bridgehead atoms. The highest BCUT2D eigenvalue weighted by molar-refractivity contribution is 5.24. The number of ether oxygens (including phenoxy) is 1. The fourth-order valence-corrected chi connectivity index (χ4v) is 3.18. The number of aromatic hydroxyl groups is 1. The first kappa shape index (κ1) is 15.5. The monoisotopic (exact) mass is 308 g/mol. The van der Waals surface area contributed by atoms with Gasteiger partial charge in [-0.25, -0.2) is 0 Å². The smallest absolute Gasteiger partial charge is 0.227 e. The van der Waals surface area contributed by atoms with Gasteiger partial charge in [-0.3, -0.25) is 14.6 Å². The van der Waals surface area contributed by atoms with E-state index in [0.29, 0.717) is 24.2 Å². The average Bonchev–Trinajstić information content (AvgIpc) is 2.99. The molecule has 0 aromatic carbocycles. The summed E-state index contributed by atoms with van der Waals surface area (Å²) in [5, 5.41) is 9.83. The molecule has 6 nitrogen and oxygen atoms in total. The Morgan fingerprint density at radius 3 is 2.68 bits per heavy atom. The maximum atomic E-state index is 11.6. The number of hydrogen-bond donors (Lipinski definition) is 1. The molecule has 3 heterocycles. The minimum atomic E-state index is -0.365. The first-order chi connectivity index (χ1) is 10.6. The van der Waals surface area contributed by atoms with Crippen molar-refractivity contribution in [2.45, 2.75) is 32.4 Å². The number of aryl methyl sites for hydroxylation is 1. The summed E-state index contributed by atoms with van der Waals surface area (Å²) in [5.41, 5.74) is -0.365. The molecule has 2 saturated heterocycles. The summed E-state index contributed by atoms with van der Waals surface area (Å²) in [4.78, 5) is 16.2. The molecule has 1 N–H and O–H groups in total. The Balaban J connectivity index is 1.52. The van der Waals surface area contributed by atoms with Crippen molar-refractivity contribution in [2.75, 3.05) is 39.3 Å². The van der Waals surface area contributed by atoms with E-state index in [1.54, 1.807) is 6.92 Å². The van der Waals surface area contributed by atoms with Crippen LogP contribution in [0.4, 0.5) is 0 Å². The van der Waals surface area contributed by atoms with Crippen LogP contribution in [0.15, 0.2) is 15.3 Å². The Morgan fingerprint density at radius 1 is 1.27 bits per heavy atom. The molecule has 2 aliphatic heterocycles. The molecule has 122 valence electrons. The van der Waals surface area contributed by atoms with Crippen molar-refractivity contribution in [3.63, 3.8) is 0 Å². The summed E-state index contributed by atoms with van der Waals surface area (Å²) in [5.74, 6) is 0.653. The van der Waals surface area contributed by atoms with E-state index in [9.17, 15) is 9.90 Å². The maximum absolute atomic E-state index is 11.6.